The predicted molar refractivity (Wildman–Crippen MR) is 285 cm³/mol. The molecule has 10 nitrogen and oxygen atoms in total. The van der Waals surface area contributed by atoms with Gasteiger partial charge in [-0.3, -0.25) is 18.7 Å². The van der Waals surface area contributed by atoms with Crippen molar-refractivity contribution in [3.63, 3.8) is 0 Å². The fourth-order valence-electron chi connectivity index (χ4n) is 7.45. The van der Waals surface area contributed by atoms with Gasteiger partial charge in [-0.15, -0.1) is 119 Å². The standard InChI is InChI=1S/2C20H15F6N3.2C10H9FN2.2Ir/c2*1-18(2,3)12-6-4-11(5-7-12)14-8-13(19(21,22)23)9-15(27-14)16-10-17(29-28-16)20(24,25)26;2*1-12-6-7-13(8-12)10-4-2-9(11)3-5-10;;/h2*4,6-10H,1-3H3;2*2-4,6-8H,1H3;;/q4*-2;;. The maximum Gasteiger partial charge on any atom is 0.431 e. The van der Waals surface area contributed by atoms with Crippen LogP contribution in [0.3, 0.4) is 0 Å². The first-order chi connectivity index (χ1) is 39.0. The van der Waals surface area contributed by atoms with Crippen LogP contribution < -0.4 is 20.0 Å². The van der Waals surface area contributed by atoms with Crippen LogP contribution in [0.5, 0.6) is 0 Å². The molecule has 2 radical (unpaired) electrons. The van der Waals surface area contributed by atoms with E-state index in [1.165, 1.54) is 24.3 Å². The zero-order chi connectivity index (χ0) is 61.7. The van der Waals surface area contributed by atoms with E-state index in [1.807, 2.05) is 113 Å². The van der Waals surface area contributed by atoms with Crippen molar-refractivity contribution in [2.24, 2.45) is 0 Å². The van der Waals surface area contributed by atoms with Crippen LogP contribution in [0.15, 0.2) is 134 Å². The van der Waals surface area contributed by atoms with Crippen LogP contribution in [-0.4, -0.2) is 44.1 Å². The maximum absolute atomic E-state index is 13.3. The van der Waals surface area contributed by atoms with Crippen molar-refractivity contribution < 1.29 is 102 Å². The van der Waals surface area contributed by atoms with Gasteiger partial charge in [0.05, 0.1) is 11.1 Å². The molecule has 0 N–H and O–H groups in total. The first-order valence-electron chi connectivity index (χ1n) is 24.8. The number of nitrogens with zero attached hydrogens (tertiary/aromatic N) is 10. The number of hydrogen-bond donors (Lipinski definition) is 0. The topological polar surface area (TPSA) is 92.7 Å². The Morgan fingerprint density at radius 2 is 0.756 bits per heavy atom. The summed E-state index contributed by atoms with van der Waals surface area (Å²) < 4.78 is 182. The van der Waals surface area contributed by atoms with Crippen LogP contribution in [0.4, 0.5) is 72.8 Å². The van der Waals surface area contributed by atoms with E-state index in [0.717, 1.165) is 34.6 Å². The zero-order valence-electron chi connectivity index (χ0n) is 46.3. The summed E-state index contributed by atoms with van der Waals surface area (Å²) in [5, 5.41) is 12.7. The number of anilines is 2. The minimum absolute atomic E-state index is 0. The summed E-state index contributed by atoms with van der Waals surface area (Å²) in [4.78, 5) is 15.7. The van der Waals surface area contributed by atoms with Gasteiger partial charge in [-0.25, -0.2) is 0 Å². The molecule has 0 saturated carbocycles. The maximum atomic E-state index is 13.3. The molecule has 0 unspecified atom stereocenters. The molecule has 86 heavy (non-hydrogen) atoms. The number of hydrogen-bond acceptors (Lipinski definition) is 8. The second-order valence-corrected chi connectivity index (χ2v) is 20.7. The molecule has 8 aromatic rings. The molecular weight excluding hydrogens is 1510 g/mol. The van der Waals surface area contributed by atoms with Crippen LogP contribution >= 0.6 is 0 Å². The Labute approximate surface area is 513 Å². The molecule has 0 spiro atoms. The number of aromatic nitrogens is 6. The van der Waals surface area contributed by atoms with Crippen LogP contribution in [-0.2, 0) is 75.7 Å². The molecule has 2 aliphatic heterocycles. The van der Waals surface area contributed by atoms with Gasteiger partial charge in [0.1, 0.15) is 11.4 Å². The van der Waals surface area contributed by atoms with Crippen LogP contribution in [0.1, 0.15) is 75.2 Å². The van der Waals surface area contributed by atoms with Gasteiger partial charge >= 0.3 is 24.7 Å². The molecule has 2 aliphatic rings. The molecule has 0 fully saturated rings. The van der Waals surface area contributed by atoms with Crippen molar-refractivity contribution in [3.05, 3.63) is 217 Å². The van der Waals surface area contributed by atoms with Gasteiger partial charge in [-0.05, 0) is 85.4 Å². The van der Waals surface area contributed by atoms with E-state index in [1.54, 1.807) is 48.5 Å². The summed E-state index contributed by atoms with van der Waals surface area (Å²) in [6.07, 6.45) is -11.3. The molecule has 26 heteroatoms. The van der Waals surface area contributed by atoms with Crippen molar-refractivity contribution in [1.82, 2.24) is 40.2 Å². The van der Waals surface area contributed by atoms with E-state index in [-0.39, 0.29) is 96.6 Å². The third kappa shape index (κ3) is 18.8. The Morgan fingerprint density at radius 3 is 1.00 bits per heavy atom. The van der Waals surface area contributed by atoms with Crippen LogP contribution in [0.25, 0.3) is 45.3 Å². The largest absolute Gasteiger partial charge is 0.573 e. The Bertz CT molecular complexity index is 3310. The Hall–Kier alpha value is -7.40. The van der Waals surface area contributed by atoms with Gasteiger partial charge in [-0.1, -0.05) is 65.1 Å². The second-order valence-electron chi connectivity index (χ2n) is 20.7. The molecule has 0 atom stereocenters. The summed E-state index contributed by atoms with van der Waals surface area (Å²) in [6, 6.07) is 34.4. The van der Waals surface area contributed by atoms with Gasteiger partial charge < -0.3 is 40.0 Å². The minimum atomic E-state index is -4.76. The van der Waals surface area contributed by atoms with E-state index in [0.29, 0.717) is 24.3 Å². The van der Waals surface area contributed by atoms with E-state index in [4.69, 9.17) is 0 Å². The van der Waals surface area contributed by atoms with Crippen molar-refractivity contribution in [1.29, 1.82) is 0 Å². The number of benzene rings is 4. The van der Waals surface area contributed by atoms with E-state index >= 15 is 0 Å². The summed E-state index contributed by atoms with van der Waals surface area (Å²) in [5.74, 6) is -0.527. The molecule has 4 aromatic carbocycles. The Balaban J connectivity index is 0.000000221. The first-order valence-corrected chi connectivity index (χ1v) is 24.8. The van der Waals surface area contributed by atoms with Gasteiger partial charge in [-0.2, -0.15) is 78.2 Å². The summed E-state index contributed by atoms with van der Waals surface area (Å²) >= 11 is 0. The molecular formula is C60H48F14Ir2N10-8. The van der Waals surface area contributed by atoms with Gasteiger partial charge in [0.15, 0.2) is 0 Å². The molecule has 0 aliphatic carbocycles. The summed E-state index contributed by atoms with van der Waals surface area (Å²) in [7, 11) is 3.86. The number of halogens is 14. The third-order valence-electron chi connectivity index (χ3n) is 12.0. The molecule has 6 heterocycles. The van der Waals surface area contributed by atoms with Crippen molar-refractivity contribution in [2.75, 3.05) is 23.9 Å². The molecule has 10 rings (SSSR count). The average molecular weight is 1560 g/mol. The van der Waals surface area contributed by atoms with Crippen LogP contribution in [0.2, 0.25) is 0 Å². The zero-order valence-corrected chi connectivity index (χ0v) is 51.1. The Kier molecular flexibility index (Phi) is 22.2. The quantitative estimate of drug-likeness (QED) is 0.118. The fourth-order valence-corrected chi connectivity index (χ4v) is 7.45. The third-order valence-corrected chi connectivity index (χ3v) is 12.0. The molecule has 0 amide bonds. The smallest absolute Gasteiger partial charge is 0.431 e. The molecule has 462 valence electrons. The van der Waals surface area contributed by atoms with E-state index < -0.39 is 58.6 Å². The Morgan fingerprint density at radius 1 is 0.407 bits per heavy atom. The van der Waals surface area contributed by atoms with E-state index in [9.17, 15) is 61.5 Å². The van der Waals surface area contributed by atoms with Gasteiger partial charge in [0, 0.05) is 63.2 Å². The molecule has 0 bridgehead atoms. The van der Waals surface area contributed by atoms with Crippen LogP contribution in [0, 0.1) is 49.2 Å². The second kappa shape index (κ2) is 27.5. The van der Waals surface area contributed by atoms with Crippen molar-refractivity contribution >= 4 is 11.4 Å². The first kappa shape index (κ1) is 69.4. The SMILES string of the molecule is CC(C)(C)c1c[c-]c(-c2cc(C(F)(F)F)cc(-c3cc(C(F)(F)F)n[n-]3)n2)cc1.CC(C)(C)c1c[c-]c(-c2cc(C(F)(F)F)cc(-c3cc(C(F)(F)F)n[n-]3)n2)cc1.CN1C=CN(c2[c-]cc(F)cc2)[CH-]1.CN1C=CN(c2[c-]cc(F)cc2)[CH-]1.[Ir].[Ir]. The van der Waals surface area contributed by atoms with E-state index in [2.05, 4.69) is 54.6 Å². The summed E-state index contributed by atoms with van der Waals surface area (Å²) in [6.45, 7) is 15.6. The average Bonchev–Trinajstić information content (AvgIpc) is 1.62. The number of pyridine rings is 2. The fraction of sp³-hybridized carbons (Fsp3) is 0.233. The minimum Gasteiger partial charge on any atom is -0.573 e. The van der Waals surface area contributed by atoms with Gasteiger partial charge in [0.2, 0.25) is 0 Å². The number of alkyl halides is 12. The monoisotopic (exact) mass is 1560 g/mol. The normalized spacial score (nSPS) is 13.5. The molecule has 0 saturated heterocycles. The molecule has 4 aromatic heterocycles. The van der Waals surface area contributed by atoms with Crippen molar-refractivity contribution in [3.8, 4) is 45.3 Å². The van der Waals surface area contributed by atoms with Crippen molar-refractivity contribution in [2.45, 2.75) is 77.1 Å². The number of rotatable bonds is 6. The van der Waals surface area contributed by atoms with Gasteiger partial charge in [0.25, 0.3) is 0 Å². The summed E-state index contributed by atoms with van der Waals surface area (Å²) in [5.41, 5.74) is -2.64. The predicted octanol–water partition coefficient (Wildman–Crippen LogP) is 15.7.